The molecule has 0 saturated carbocycles. The lowest BCUT2D eigenvalue weighted by Crippen LogP contribution is -2.22. The van der Waals surface area contributed by atoms with Gasteiger partial charge in [0, 0.05) is 23.1 Å². The molecule has 6 nitrogen and oxygen atoms in total. The van der Waals surface area contributed by atoms with Crippen molar-refractivity contribution < 1.29 is 18.7 Å². The van der Waals surface area contributed by atoms with Crippen molar-refractivity contribution in [2.24, 2.45) is 5.10 Å². The van der Waals surface area contributed by atoms with Gasteiger partial charge in [-0.15, -0.1) is 0 Å². The van der Waals surface area contributed by atoms with E-state index in [1.54, 1.807) is 36.4 Å². The van der Waals surface area contributed by atoms with Gasteiger partial charge in [-0.1, -0.05) is 60.7 Å². The lowest BCUT2D eigenvalue weighted by Gasteiger charge is -2.13. The first-order chi connectivity index (χ1) is 17.1. The molecule has 4 aromatic rings. The zero-order chi connectivity index (χ0) is 24.2. The predicted octanol–water partition coefficient (Wildman–Crippen LogP) is 5.94. The minimum absolute atomic E-state index is 0.163. The van der Waals surface area contributed by atoms with Crippen molar-refractivity contribution in [2.75, 3.05) is 0 Å². The van der Waals surface area contributed by atoms with E-state index < -0.39 is 5.97 Å². The minimum Gasteiger partial charge on any atom is -0.453 e. The molecule has 5 rings (SSSR count). The maximum atomic E-state index is 12.7. The van der Waals surface area contributed by atoms with E-state index >= 15 is 0 Å². The molecule has 1 N–H and O–H groups in total. The number of para-hydroxylation sites is 1. The van der Waals surface area contributed by atoms with Crippen LogP contribution in [0.3, 0.4) is 0 Å². The number of nitrogens with zero attached hydrogens (tertiary/aromatic N) is 1. The monoisotopic (exact) mass is 464 g/mol. The topological polar surface area (TPSA) is 80.9 Å². The number of esters is 1. The SMILES string of the molecule is Cc1c(C(=O)Oc2ccccc2)oc2c1/C(=N/NC(=O)c1ccc(-c3ccccc3)cc1)CCC2. The Bertz CT molecular complexity index is 1390. The van der Waals surface area contributed by atoms with E-state index in [4.69, 9.17) is 9.15 Å². The summed E-state index contributed by atoms with van der Waals surface area (Å²) in [5, 5.41) is 4.40. The smallest absolute Gasteiger partial charge is 0.379 e. The van der Waals surface area contributed by atoms with Crippen molar-refractivity contribution in [3.8, 4) is 16.9 Å². The van der Waals surface area contributed by atoms with Crippen LogP contribution < -0.4 is 10.2 Å². The van der Waals surface area contributed by atoms with Crippen LogP contribution >= 0.6 is 0 Å². The van der Waals surface area contributed by atoms with Gasteiger partial charge in [-0.2, -0.15) is 5.10 Å². The zero-order valence-electron chi connectivity index (χ0n) is 19.3. The lowest BCUT2D eigenvalue weighted by molar-refractivity contribution is 0.0698. The number of aryl methyl sites for hydroxylation is 1. The molecule has 1 heterocycles. The van der Waals surface area contributed by atoms with Crippen molar-refractivity contribution in [3.05, 3.63) is 113 Å². The maximum Gasteiger partial charge on any atom is 0.379 e. The summed E-state index contributed by atoms with van der Waals surface area (Å²) in [7, 11) is 0. The van der Waals surface area contributed by atoms with Crippen LogP contribution in [0, 0.1) is 6.92 Å². The van der Waals surface area contributed by atoms with E-state index in [1.165, 1.54) is 0 Å². The molecular weight excluding hydrogens is 440 g/mol. The van der Waals surface area contributed by atoms with Crippen LogP contribution in [0.2, 0.25) is 0 Å². The second-order valence-electron chi connectivity index (χ2n) is 8.35. The number of carbonyl (C=O) groups is 2. The van der Waals surface area contributed by atoms with Crippen LogP contribution in [-0.2, 0) is 6.42 Å². The Morgan fingerprint density at radius 3 is 2.23 bits per heavy atom. The number of hydrazone groups is 1. The van der Waals surface area contributed by atoms with Gasteiger partial charge in [-0.3, -0.25) is 4.79 Å². The fourth-order valence-corrected chi connectivity index (χ4v) is 4.24. The Morgan fingerprint density at radius 1 is 0.857 bits per heavy atom. The number of ether oxygens (including phenoxy) is 1. The molecule has 0 spiro atoms. The summed E-state index contributed by atoms with van der Waals surface area (Å²) < 4.78 is 11.3. The number of nitrogens with one attached hydrogen (secondary N) is 1. The molecule has 1 aromatic heterocycles. The van der Waals surface area contributed by atoms with Crippen LogP contribution in [0.25, 0.3) is 11.1 Å². The van der Waals surface area contributed by atoms with E-state index in [9.17, 15) is 9.59 Å². The number of carbonyl (C=O) groups excluding carboxylic acids is 2. The molecule has 0 atom stereocenters. The third-order valence-electron chi connectivity index (χ3n) is 6.01. The second-order valence-corrected chi connectivity index (χ2v) is 8.35. The van der Waals surface area contributed by atoms with E-state index in [1.807, 2.05) is 55.5 Å². The summed E-state index contributed by atoms with van der Waals surface area (Å²) >= 11 is 0. The molecule has 1 aliphatic carbocycles. The van der Waals surface area contributed by atoms with Crippen molar-refractivity contribution >= 4 is 17.6 Å². The largest absolute Gasteiger partial charge is 0.453 e. The zero-order valence-corrected chi connectivity index (χ0v) is 19.3. The third-order valence-corrected chi connectivity index (χ3v) is 6.01. The Hall–Kier alpha value is -4.45. The summed E-state index contributed by atoms with van der Waals surface area (Å²) in [6.45, 7) is 1.81. The molecule has 1 amide bonds. The number of furan rings is 1. The van der Waals surface area contributed by atoms with Crippen molar-refractivity contribution in [1.82, 2.24) is 5.43 Å². The normalized spacial score (nSPS) is 13.8. The third kappa shape index (κ3) is 4.77. The molecule has 0 bridgehead atoms. The number of benzene rings is 3. The molecule has 3 aromatic carbocycles. The second kappa shape index (κ2) is 9.81. The number of hydrogen-bond acceptors (Lipinski definition) is 5. The van der Waals surface area contributed by atoms with Crippen LogP contribution in [0.15, 0.2) is 94.4 Å². The fraction of sp³-hybridized carbons (Fsp3) is 0.138. The number of rotatable bonds is 5. The molecule has 1 aliphatic rings. The highest BCUT2D eigenvalue weighted by Gasteiger charge is 2.29. The van der Waals surface area contributed by atoms with E-state index in [0.29, 0.717) is 41.2 Å². The Kier molecular flexibility index (Phi) is 6.26. The van der Waals surface area contributed by atoms with E-state index in [0.717, 1.165) is 23.1 Å². The van der Waals surface area contributed by atoms with Crippen molar-refractivity contribution in [2.45, 2.75) is 26.2 Å². The molecule has 35 heavy (non-hydrogen) atoms. The van der Waals surface area contributed by atoms with Gasteiger partial charge < -0.3 is 9.15 Å². The van der Waals surface area contributed by atoms with E-state index in [-0.39, 0.29) is 11.7 Å². The van der Waals surface area contributed by atoms with Crippen LogP contribution in [-0.4, -0.2) is 17.6 Å². The van der Waals surface area contributed by atoms with Crippen molar-refractivity contribution in [3.63, 3.8) is 0 Å². The Balaban J connectivity index is 1.32. The van der Waals surface area contributed by atoms with Gasteiger partial charge in [0.05, 0.1) is 5.71 Å². The van der Waals surface area contributed by atoms with Gasteiger partial charge >= 0.3 is 5.97 Å². The molecule has 174 valence electrons. The molecule has 0 radical (unpaired) electrons. The number of amides is 1. The van der Waals surface area contributed by atoms with Gasteiger partial charge in [0.25, 0.3) is 5.91 Å². The summed E-state index contributed by atoms with van der Waals surface area (Å²) in [4.78, 5) is 25.4. The summed E-state index contributed by atoms with van der Waals surface area (Å²) in [5.74, 6) is 0.454. The molecule has 0 aliphatic heterocycles. The molecule has 0 unspecified atom stereocenters. The Labute approximate surface area is 203 Å². The predicted molar refractivity (Wildman–Crippen MR) is 134 cm³/mol. The first-order valence-electron chi connectivity index (χ1n) is 11.5. The standard InChI is InChI=1S/C29H24N2O4/c1-19-26-24(13-8-14-25(26)35-27(19)29(33)34-23-11-6-3-7-12-23)30-31-28(32)22-17-15-21(16-18-22)20-9-4-2-5-10-20/h2-7,9-12,15-18H,8,13-14H2,1H3,(H,31,32)/b30-24+. The lowest BCUT2D eigenvalue weighted by atomic mass is 9.93. The first kappa shape index (κ1) is 22.3. The minimum atomic E-state index is -0.551. The average molecular weight is 465 g/mol. The maximum absolute atomic E-state index is 12.7. The molecule has 0 saturated heterocycles. The number of hydrogen-bond donors (Lipinski definition) is 1. The highest BCUT2D eigenvalue weighted by molar-refractivity contribution is 6.06. The van der Waals surface area contributed by atoms with Crippen LogP contribution in [0.4, 0.5) is 0 Å². The highest BCUT2D eigenvalue weighted by atomic mass is 16.5. The van der Waals surface area contributed by atoms with Gasteiger partial charge in [0.15, 0.2) is 0 Å². The molecule has 0 fully saturated rings. The van der Waals surface area contributed by atoms with Crippen molar-refractivity contribution in [1.29, 1.82) is 0 Å². The summed E-state index contributed by atoms with van der Waals surface area (Å²) in [5.41, 5.74) is 7.44. The van der Waals surface area contributed by atoms with Crippen LogP contribution in [0.1, 0.15) is 50.6 Å². The van der Waals surface area contributed by atoms with Gasteiger partial charge in [-0.05, 0) is 55.2 Å². The molecule has 6 heteroatoms. The van der Waals surface area contributed by atoms with Gasteiger partial charge in [-0.25, -0.2) is 10.2 Å². The Morgan fingerprint density at radius 2 is 1.51 bits per heavy atom. The van der Waals surface area contributed by atoms with Crippen LogP contribution in [0.5, 0.6) is 5.75 Å². The highest BCUT2D eigenvalue weighted by Crippen LogP contribution is 2.30. The molecular formula is C29H24N2O4. The van der Waals surface area contributed by atoms with Gasteiger partial charge in [0.2, 0.25) is 5.76 Å². The average Bonchev–Trinajstić information content (AvgIpc) is 3.25. The summed E-state index contributed by atoms with van der Waals surface area (Å²) in [6.07, 6.45) is 2.18. The summed E-state index contributed by atoms with van der Waals surface area (Å²) in [6, 6.07) is 26.3. The fourth-order valence-electron chi connectivity index (χ4n) is 4.24. The quantitative estimate of drug-likeness (QED) is 0.225. The van der Waals surface area contributed by atoms with Gasteiger partial charge in [0.1, 0.15) is 11.5 Å². The van der Waals surface area contributed by atoms with E-state index in [2.05, 4.69) is 10.5 Å². The number of fused-ring (bicyclic) bond motifs is 1. The first-order valence-corrected chi connectivity index (χ1v) is 11.5.